The first-order valence-electron chi connectivity index (χ1n) is 14.0. The van der Waals surface area contributed by atoms with Gasteiger partial charge in [-0.1, -0.05) is 6.42 Å². The lowest BCUT2D eigenvalue weighted by Crippen LogP contribution is -2.67. The van der Waals surface area contributed by atoms with Crippen molar-refractivity contribution in [1.29, 1.82) is 0 Å². The van der Waals surface area contributed by atoms with E-state index in [4.69, 9.17) is 34.3 Å². The van der Waals surface area contributed by atoms with Gasteiger partial charge in [0.05, 0.1) is 19.8 Å². The van der Waals surface area contributed by atoms with Gasteiger partial charge in [-0.05, 0) is 12.8 Å². The van der Waals surface area contributed by atoms with Crippen molar-refractivity contribution in [1.82, 2.24) is 5.43 Å². The summed E-state index contributed by atoms with van der Waals surface area (Å²) in [5, 5.41) is 102. The summed E-state index contributed by atoms with van der Waals surface area (Å²) in [4.78, 5) is 11.3. The highest BCUT2D eigenvalue weighted by Gasteiger charge is 2.54. The van der Waals surface area contributed by atoms with E-state index < -0.39 is 112 Å². The monoisotopic (exact) mass is 632 g/mol. The molecule has 0 bridgehead atoms. The van der Waals surface area contributed by atoms with E-state index in [0.29, 0.717) is 19.3 Å². The van der Waals surface area contributed by atoms with Crippen LogP contribution in [0.2, 0.25) is 0 Å². The van der Waals surface area contributed by atoms with Crippen molar-refractivity contribution in [3.05, 3.63) is 0 Å². The zero-order chi connectivity index (χ0) is 31.8. The van der Waals surface area contributed by atoms with Crippen LogP contribution >= 0.6 is 0 Å². The molecular formula is C24H44N2O17. The normalized spacial score (nSPS) is 43.8. The maximum atomic E-state index is 11.3. The Hall–Kier alpha value is -1.21. The summed E-state index contributed by atoms with van der Waals surface area (Å²) >= 11 is 0. The summed E-state index contributed by atoms with van der Waals surface area (Å²) in [7, 11) is 0. The molecule has 0 aliphatic carbocycles. The van der Waals surface area contributed by atoms with E-state index in [2.05, 4.69) is 0 Å². The van der Waals surface area contributed by atoms with Crippen molar-refractivity contribution >= 4 is 5.91 Å². The van der Waals surface area contributed by atoms with Gasteiger partial charge >= 0.3 is 0 Å². The van der Waals surface area contributed by atoms with E-state index in [1.807, 2.05) is 5.43 Å². The van der Waals surface area contributed by atoms with Crippen LogP contribution in [0.5, 0.6) is 0 Å². The standard InChI is InChI=1S/C24H44N2O17/c25-26-12(30)4-2-1-3-5-38-23-20(17(35)14(32)10(7-28)40-23)43-24-21(18(36)15(33)11(8-29)41-24)42-22-19(37)16(34)13(31)9(6-27)39-22/h9-11,13-24,27-29,31-37H,1-8,25H2,(H,26,30)/t9-,10-,11-,13-,14-,15-,16+,17+,18+,19-,20-,21-,22-,23+,24-/m1/s1. The molecule has 3 fully saturated rings. The van der Waals surface area contributed by atoms with Gasteiger partial charge in [-0.3, -0.25) is 10.2 Å². The van der Waals surface area contributed by atoms with Gasteiger partial charge in [0, 0.05) is 13.0 Å². The minimum atomic E-state index is -1.90. The summed E-state index contributed by atoms with van der Waals surface area (Å²) in [5.41, 5.74) is 2.02. The molecule has 0 radical (unpaired) electrons. The Morgan fingerprint density at radius 3 is 1.60 bits per heavy atom. The van der Waals surface area contributed by atoms with Crippen LogP contribution in [0.4, 0.5) is 0 Å². The molecule has 13 N–H and O–H groups in total. The van der Waals surface area contributed by atoms with Crippen molar-refractivity contribution in [3.63, 3.8) is 0 Å². The Morgan fingerprint density at radius 2 is 1.07 bits per heavy atom. The van der Waals surface area contributed by atoms with Gasteiger partial charge in [-0.15, -0.1) is 0 Å². The van der Waals surface area contributed by atoms with Crippen molar-refractivity contribution < 1.29 is 84.3 Å². The molecule has 15 atom stereocenters. The van der Waals surface area contributed by atoms with Gasteiger partial charge in [0.15, 0.2) is 18.9 Å². The number of unbranched alkanes of at least 4 members (excludes halogenated alkanes) is 2. The lowest BCUT2D eigenvalue weighted by Gasteiger charge is -2.48. The van der Waals surface area contributed by atoms with Gasteiger partial charge < -0.3 is 79.5 Å². The highest BCUT2D eigenvalue weighted by Crippen LogP contribution is 2.33. The smallest absolute Gasteiger partial charge is 0.233 e. The zero-order valence-corrected chi connectivity index (χ0v) is 23.2. The van der Waals surface area contributed by atoms with E-state index >= 15 is 0 Å². The molecule has 19 nitrogen and oxygen atoms in total. The zero-order valence-electron chi connectivity index (χ0n) is 23.2. The highest BCUT2D eigenvalue weighted by atomic mass is 16.8. The first kappa shape index (κ1) is 36.3. The van der Waals surface area contributed by atoms with Crippen molar-refractivity contribution in [2.45, 2.75) is 118 Å². The molecule has 3 aliphatic rings. The van der Waals surface area contributed by atoms with Gasteiger partial charge in [-0.2, -0.15) is 0 Å². The fourth-order valence-corrected chi connectivity index (χ4v) is 4.97. The average Bonchev–Trinajstić information content (AvgIpc) is 3.00. The van der Waals surface area contributed by atoms with E-state index in [0.717, 1.165) is 0 Å². The topological polar surface area (TPSA) is 313 Å². The minimum Gasteiger partial charge on any atom is -0.394 e. The first-order chi connectivity index (χ1) is 20.5. The lowest BCUT2D eigenvalue weighted by atomic mass is 9.96. The molecule has 0 spiro atoms. The van der Waals surface area contributed by atoms with Gasteiger partial charge in [-0.25, -0.2) is 5.84 Å². The van der Waals surface area contributed by atoms with Crippen LogP contribution in [0.3, 0.4) is 0 Å². The van der Waals surface area contributed by atoms with E-state index in [1.54, 1.807) is 0 Å². The molecule has 0 saturated carbocycles. The predicted octanol–water partition coefficient (Wildman–Crippen LogP) is -7.00. The predicted molar refractivity (Wildman–Crippen MR) is 136 cm³/mol. The molecule has 3 aliphatic heterocycles. The van der Waals surface area contributed by atoms with Gasteiger partial charge in [0.25, 0.3) is 0 Å². The van der Waals surface area contributed by atoms with Crippen LogP contribution in [0, 0.1) is 0 Å². The lowest BCUT2D eigenvalue weighted by molar-refractivity contribution is -0.393. The van der Waals surface area contributed by atoms with Crippen LogP contribution in [0.25, 0.3) is 0 Å². The number of aliphatic hydroxyl groups is 10. The molecule has 0 aromatic heterocycles. The fourth-order valence-electron chi connectivity index (χ4n) is 4.97. The number of aliphatic hydroxyl groups excluding tert-OH is 10. The maximum Gasteiger partial charge on any atom is 0.233 e. The van der Waals surface area contributed by atoms with Crippen molar-refractivity contribution in [3.8, 4) is 0 Å². The fraction of sp³-hybridized carbons (Fsp3) is 0.958. The third-order valence-electron chi connectivity index (χ3n) is 7.57. The number of hydrogen-bond donors (Lipinski definition) is 12. The Kier molecular flexibility index (Phi) is 14.3. The largest absolute Gasteiger partial charge is 0.394 e. The highest BCUT2D eigenvalue weighted by molar-refractivity contribution is 5.75. The Labute approximate surface area is 246 Å². The number of hydrazine groups is 1. The van der Waals surface area contributed by atoms with Gasteiger partial charge in [0.2, 0.25) is 5.91 Å². The van der Waals surface area contributed by atoms with Crippen molar-refractivity contribution in [2.24, 2.45) is 5.84 Å². The third-order valence-corrected chi connectivity index (χ3v) is 7.57. The Morgan fingerprint density at radius 1 is 0.605 bits per heavy atom. The summed E-state index contributed by atoms with van der Waals surface area (Å²) in [6.45, 7) is -2.25. The SMILES string of the molecule is NNC(=O)CCCCCO[C@H]1O[C@H](CO)[C@@H](O)[C@H](O)[C@H]1O[C@H]1O[C@H](CO)[C@@H](O)[C@H](O)[C@H]1O[C@H]1O[C@H](CO)[C@@H](O)[C@H](O)[C@H]1O. The molecule has 19 heteroatoms. The first-order valence-corrected chi connectivity index (χ1v) is 14.0. The third kappa shape index (κ3) is 8.74. The molecule has 43 heavy (non-hydrogen) atoms. The molecule has 252 valence electrons. The molecule has 3 saturated heterocycles. The molecule has 3 heterocycles. The number of nitrogens with two attached hydrogens (primary N) is 1. The second kappa shape index (κ2) is 16.9. The minimum absolute atomic E-state index is 0.0205. The molecule has 3 rings (SSSR count). The van der Waals surface area contributed by atoms with Crippen LogP contribution in [-0.4, -0.2) is 176 Å². The quantitative estimate of drug-likeness (QED) is 0.0366. The number of rotatable bonds is 14. The molecule has 1 amide bonds. The maximum absolute atomic E-state index is 11.3. The van der Waals surface area contributed by atoms with E-state index in [1.165, 1.54) is 0 Å². The number of ether oxygens (including phenoxy) is 6. The van der Waals surface area contributed by atoms with Crippen LogP contribution < -0.4 is 11.3 Å². The van der Waals surface area contributed by atoms with E-state index in [9.17, 15) is 55.9 Å². The van der Waals surface area contributed by atoms with Gasteiger partial charge in [0.1, 0.15) is 73.2 Å². The molecule has 0 aromatic carbocycles. The Balaban J connectivity index is 1.77. The number of nitrogens with one attached hydrogen (secondary N) is 1. The summed E-state index contributed by atoms with van der Waals surface area (Å²) in [6, 6.07) is 0. The second-order valence-electron chi connectivity index (χ2n) is 10.6. The average molecular weight is 633 g/mol. The summed E-state index contributed by atoms with van der Waals surface area (Å²) < 4.78 is 33.7. The summed E-state index contributed by atoms with van der Waals surface area (Å²) in [6.07, 6.45) is -23.3. The van der Waals surface area contributed by atoms with Crippen LogP contribution in [0.15, 0.2) is 0 Å². The molecular weight excluding hydrogens is 588 g/mol. The van der Waals surface area contributed by atoms with Crippen LogP contribution in [0.1, 0.15) is 25.7 Å². The second-order valence-corrected chi connectivity index (χ2v) is 10.6. The van der Waals surface area contributed by atoms with E-state index in [-0.39, 0.29) is 18.9 Å². The van der Waals surface area contributed by atoms with Crippen molar-refractivity contribution in [2.75, 3.05) is 26.4 Å². The number of carbonyl (C=O) groups excluding carboxylic acids is 1. The molecule has 0 unspecified atom stereocenters. The molecule has 0 aromatic rings. The van der Waals surface area contributed by atoms with Crippen LogP contribution in [-0.2, 0) is 33.2 Å². The number of carbonyl (C=O) groups is 1. The summed E-state index contributed by atoms with van der Waals surface area (Å²) in [5.74, 6) is 4.71. The Bertz CT molecular complexity index is 844. The number of amides is 1. The number of hydrogen-bond acceptors (Lipinski definition) is 18.